The van der Waals surface area contributed by atoms with Gasteiger partial charge < -0.3 is 15.5 Å². The molecule has 0 atom stereocenters. The molecule has 2 N–H and O–H groups in total. The first-order valence-electron chi connectivity index (χ1n) is 7.35. The highest BCUT2D eigenvalue weighted by molar-refractivity contribution is 14.0. The second-order valence-corrected chi connectivity index (χ2v) is 5.22. The monoisotopic (exact) mass is 404 g/mol. The quantitative estimate of drug-likeness (QED) is 0.435. The maximum absolute atomic E-state index is 4.21. The number of likely N-dealkylation sites (N-methyl/N-ethyl adjacent to an activating group) is 1. The van der Waals surface area contributed by atoms with Crippen molar-refractivity contribution >= 4 is 35.6 Å². The predicted octanol–water partition coefficient (Wildman–Crippen LogP) is 3.01. The number of hydrogen-bond acceptors (Lipinski definition) is 2. The molecule has 0 saturated heterocycles. The van der Waals surface area contributed by atoms with Crippen LogP contribution in [-0.2, 0) is 0 Å². The molecule has 0 aliphatic carbocycles. The number of nitrogens with one attached hydrogen (secondary N) is 2. The summed E-state index contributed by atoms with van der Waals surface area (Å²) < 4.78 is 0. The Balaban J connectivity index is 0.00000400. The van der Waals surface area contributed by atoms with Gasteiger partial charge >= 0.3 is 0 Å². The van der Waals surface area contributed by atoms with Gasteiger partial charge in [-0.3, -0.25) is 4.99 Å². The molecule has 0 aliphatic heterocycles. The number of guanidine groups is 1. The summed E-state index contributed by atoms with van der Waals surface area (Å²) in [6, 6.07) is 9.02. The lowest BCUT2D eigenvalue weighted by Gasteiger charge is -2.24. The van der Waals surface area contributed by atoms with Gasteiger partial charge in [0.25, 0.3) is 0 Å². The number of hydrogen-bond donors (Lipinski definition) is 2. The van der Waals surface area contributed by atoms with Crippen molar-refractivity contribution in [3.8, 4) is 0 Å². The van der Waals surface area contributed by atoms with Crippen molar-refractivity contribution in [3.63, 3.8) is 0 Å². The zero-order valence-electron chi connectivity index (χ0n) is 13.8. The maximum Gasteiger partial charge on any atom is 0.191 e. The van der Waals surface area contributed by atoms with Crippen LogP contribution in [0.25, 0.3) is 0 Å². The molecular weight excluding hydrogens is 375 g/mol. The second-order valence-electron chi connectivity index (χ2n) is 5.22. The molecule has 1 rings (SSSR count). The topological polar surface area (TPSA) is 39.7 Å². The lowest BCUT2D eigenvalue weighted by atomic mass is 10.2. The van der Waals surface area contributed by atoms with E-state index in [9.17, 15) is 0 Å². The zero-order valence-corrected chi connectivity index (χ0v) is 16.1. The minimum Gasteiger partial charge on any atom is -0.370 e. The third-order valence-corrected chi connectivity index (χ3v) is 3.07. The standard InChI is InChI=1S/C16H28N4.HI/c1-6-20(15-9-7-8-14(4)12-15)11-10-18-16(17-5)19-13(2)3;/h7-9,12-13H,6,10-11H2,1-5H3,(H2,17,18,19);1H. The highest BCUT2D eigenvalue weighted by Crippen LogP contribution is 2.14. The van der Waals surface area contributed by atoms with Gasteiger partial charge in [0.15, 0.2) is 5.96 Å². The third kappa shape index (κ3) is 7.55. The Labute approximate surface area is 146 Å². The van der Waals surface area contributed by atoms with Crippen LogP contribution < -0.4 is 15.5 Å². The van der Waals surface area contributed by atoms with Gasteiger partial charge in [-0.15, -0.1) is 24.0 Å². The molecule has 21 heavy (non-hydrogen) atoms. The van der Waals surface area contributed by atoms with Crippen molar-refractivity contribution in [2.45, 2.75) is 33.7 Å². The van der Waals surface area contributed by atoms with Gasteiger partial charge in [0.1, 0.15) is 0 Å². The predicted molar refractivity (Wildman–Crippen MR) is 104 cm³/mol. The second kappa shape index (κ2) is 10.7. The first-order chi connectivity index (χ1) is 9.56. The van der Waals surface area contributed by atoms with Gasteiger partial charge in [-0.05, 0) is 45.4 Å². The first-order valence-corrected chi connectivity index (χ1v) is 7.35. The summed E-state index contributed by atoms with van der Waals surface area (Å²) in [5.41, 5.74) is 2.58. The Morgan fingerprint density at radius 2 is 2.05 bits per heavy atom. The van der Waals surface area contributed by atoms with Crippen molar-refractivity contribution in [2.24, 2.45) is 4.99 Å². The molecule has 1 aromatic rings. The Bertz CT molecular complexity index is 432. The first kappa shape index (κ1) is 20.0. The van der Waals surface area contributed by atoms with Crippen LogP contribution in [0.15, 0.2) is 29.3 Å². The van der Waals surface area contributed by atoms with Crippen molar-refractivity contribution < 1.29 is 0 Å². The fourth-order valence-corrected chi connectivity index (χ4v) is 2.07. The van der Waals surface area contributed by atoms with E-state index in [1.807, 2.05) is 0 Å². The highest BCUT2D eigenvalue weighted by atomic mass is 127. The van der Waals surface area contributed by atoms with Crippen LogP contribution in [0, 0.1) is 6.92 Å². The number of aliphatic imine (C=N–C) groups is 1. The summed E-state index contributed by atoms with van der Waals surface area (Å²) in [6.07, 6.45) is 0. The molecule has 4 nitrogen and oxygen atoms in total. The molecule has 0 unspecified atom stereocenters. The third-order valence-electron chi connectivity index (χ3n) is 3.07. The normalized spacial score (nSPS) is 11.0. The van der Waals surface area contributed by atoms with Gasteiger partial charge in [-0.2, -0.15) is 0 Å². The summed E-state index contributed by atoms with van der Waals surface area (Å²) in [7, 11) is 1.80. The summed E-state index contributed by atoms with van der Waals surface area (Å²) in [5, 5.41) is 6.64. The minimum absolute atomic E-state index is 0. The van der Waals surface area contributed by atoms with Gasteiger partial charge in [0.2, 0.25) is 0 Å². The number of rotatable bonds is 6. The number of anilines is 1. The molecule has 0 saturated carbocycles. The maximum atomic E-state index is 4.21. The van der Waals surface area contributed by atoms with Crippen molar-refractivity contribution in [2.75, 3.05) is 31.6 Å². The van der Waals surface area contributed by atoms with E-state index < -0.39 is 0 Å². The number of aryl methyl sites for hydroxylation is 1. The molecule has 5 heteroatoms. The SMILES string of the molecule is CCN(CCNC(=NC)NC(C)C)c1cccc(C)c1.I. The van der Waals surface area contributed by atoms with Crippen LogP contribution in [0.3, 0.4) is 0 Å². The molecule has 0 aromatic heterocycles. The van der Waals surface area contributed by atoms with Crippen LogP contribution in [-0.4, -0.2) is 38.7 Å². The molecule has 1 aromatic carbocycles. The van der Waals surface area contributed by atoms with Gasteiger partial charge in [-0.25, -0.2) is 0 Å². The Hall–Kier alpha value is -0.980. The fraction of sp³-hybridized carbons (Fsp3) is 0.562. The van der Waals surface area contributed by atoms with E-state index in [0.717, 1.165) is 25.6 Å². The Kier molecular flexibility index (Phi) is 10.2. The van der Waals surface area contributed by atoms with E-state index in [1.54, 1.807) is 7.05 Å². The van der Waals surface area contributed by atoms with E-state index in [2.05, 4.69) is 72.5 Å². The molecule has 0 radical (unpaired) electrons. The average Bonchev–Trinajstić information content (AvgIpc) is 2.41. The summed E-state index contributed by atoms with van der Waals surface area (Å²) in [5.74, 6) is 0.861. The summed E-state index contributed by atoms with van der Waals surface area (Å²) >= 11 is 0. The smallest absolute Gasteiger partial charge is 0.191 e. The minimum atomic E-state index is 0. The van der Waals surface area contributed by atoms with E-state index in [4.69, 9.17) is 0 Å². The van der Waals surface area contributed by atoms with Crippen molar-refractivity contribution in [1.29, 1.82) is 0 Å². The lowest BCUT2D eigenvalue weighted by molar-refractivity contribution is 0.691. The van der Waals surface area contributed by atoms with Gasteiger partial charge in [-0.1, -0.05) is 12.1 Å². The molecule has 120 valence electrons. The average molecular weight is 404 g/mol. The van der Waals surface area contributed by atoms with E-state index in [-0.39, 0.29) is 24.0 Å². The molecule has 0 fully saturated rings. The van der Waals surface area contributed by atoms with Crippen LogP contribution in [0.5, 0.6) is 0 Å². The molecule has 0 bridgehead atoms. The molecular formula is C16H29IN4. The largest absolute Gasteiger partial charge is 0.370 e. The van der Waals surface area contributed by atoms with Crippen molar-refractivity contribution in [1.82, 2.24) is 10.6 Å². The molecule has 0 heterocycles. The molecule has 0 amide bonds. The van der Waals surface area contributed by atoms with Crippen LogP contribution in [0.2, 0.25) is 0 Å². The number of benzene rings is 1. The van der Waals surface area contributed by atoms with E-state index >= 15 is 0 Å². The number of nitrogens with zero attached hydrogens (tertiary/aromatic N) is 2. The summed E-state index contributed by atoms with van der Waals surface area (Å²) in [6.45, 7) is 11.4. The lowest BCUT2D eigenvalue weighted by Crippen LogP contribution is -2.44. The summed E-state index contributed by atoms with van der Waals surface area (Å²) in [4.78, 5) is 6.58. The van der Waals surface area contributed by atoms with E-state index in [0.29, 0.717) is 6.04 Å². The Morgan fingerprint density at radius 3 is 2.57 bits per heavy atom. The van der Waals surface area contributed by atoms with Crippen LogP contribution >= 0.6 is 24.0 Å². The van der Waals surface area contributed by atoms with Crippen molar-refractivity contribution in [3.05, 3.63) is 29.8 Å². The van der Waals surface area contributed by atoms with Gasteiger partial charge in [0.05, 0.1) is 0 Å². The molecule has 0 aliphatic rings. The number of halogens is 1. The van der Waals surface area contributed by atoms with E-state index in [1.165, 1.54) is 11.3 Å². The van der Waals surface area contributed by atoms with Crippen LogP contribution in [0.4, 0.5) is 5.69 Å². The zero-order chi connectivity index (χ0) is 15.0. The molecule has 0 spiro atoms. The van der Waals surface area contributed by atoms with Gasteiger partial charge in [0, 0.05) is 38.4 Å². The Morgan fingerprint density at radius 1 is 1.33 bits per heavy atom. The highest BCUT2D eigenvalue weighted by Gasteiger charge is 2.05. The fourth-order valence-electron chi connectivity index (χ4n) is 2.07. The van der Waals surface area contributed by atoms with Crippen LogP contribution in [0.1, 0.15) is 26.3 Å².